The molecule has 2 aromatic rings. The quantitative estimate of drug-likeness (QED) is 0.837. The number of nitrogens with zero attached hydrogens (tertiary/aromatic N) is 2. The molecule has 1 unspecified atom stereocenters. The van der Waals surface area contributed by atoms with Crippen LogP contribution in [-0.2, 0) is 6.54 Å². The van der Waals surface area contributed by atoms with E-state index in [0.717, 1.165) is 13.0 Å². The average Bonchev–Trinajstić information content (AvgIpc) is 2.83. The fourth-order valence-electron chi connectivity index (χ4n) is 2.19. The molecule has 1 aromatic heterocycles. The van der Waals surface area contributed by atoms with E-state index in [1.165, 1.54) is 5.56 Å². The van der Waals surface area contributed by atoms with Gasteiger partial charge in [-0.15, -0.1) is 0 Å². The molecule has 0 bridgehead atoms. The summed E-state index contributed by atoms with van der Waals surface area (Å²) in [6.45, 7) is 5.33. The fourth-order valence-corrected chi connectivity index (χ4v) is 2.19. The number of aryl methyl sites for hydroxylation is 1. The van der Waals surface area contributed by atoms with Crippen molar-refractivity contribution >= 4 is 5.82 Å². The topological polar surface area (TPSA) is 55.9 Å². The van der Waals surface area contributed by atoms with Crippen molar-refractivity contribution in [1.29, 1.82) is 0 Å². The summed E-state index contributed by atoms with van der Waals surface area (Å²) in [5.41, 5.74) is 6.91. The van der Waals surface area contributed by atoms with Gasteiger partial charge in [-0.2, -0.15) is 0 Å². The van der Waals surface area contributed by atoms with Crippen LogP contribution in [0.5, 0.6) is 0 Å². The first-order chi connectivity index (χ1) is 9.15. The lowest BCUT2D eigenvalue weighted by molar-refractivity contribution is 0.432. The normalized spacial score (nSPS) is 14.2. The highest BCUT2D eigenvalue weighted by molar-refractivity contribution is 5.22. The first kappa shape index (κ1) is 13.6. The van der Waals surface area contributed by atoms with Gasteiger partial charge in [-0.05, 0) is 25.8 Å². The van der Waals surface area contributed by atoms with Gasteiger partial charge < -0.3 is 15.6 Å². The minimum absolute atomic E-state index is 0.365. The molecule has 1 aromatic carbocycles. The van der Waals surface area contributed by atoms with Gasteiger partial charge in [-0.3, -0.25) is 0 Å². The predicted octanol–water partition coefficient (Wildman–Crippen LogP) is 2.59. The summed E-state index contributed by atoms with van der Waals surface area (Å²) in [6, 6.07) is 11.3. The molecular formula is C15H22N4. The highest BCUT2D eigenvalue weighted by atomic mass is 15.1. The number of nitrogen functional groups attached to an aromatic ring is 1. The van der Waals surface area contributed by atoms with Crippen LogP contribution >= 0.6 is 0 Å². The number of anilines is 1. The summed E-state index contributed by atoms with van der Waals surface area (Å²) in [6.07, 6.45) is 4.70. The van der Waals surface area contributed by atoms with Gasteiger partial charge in [0.2, 0.25) is 0 Å². The zero-order valence-corrected chi connectivity index (χ0v) is 11.6. The molecule has 102 valence electrons. The minimum Gasteiger partial charge on any atom is -0.382 e. The van der Waals surface area contributed by atoms with Crippen LogP contribution in [-0.4, -0.2) is 15.6 Å². The van der Waals surface area contributed by atoms with E-state index in [4.69, 9.17) is 5.73 Å². The Kier molecular flexibility index (Phi) is 4.58. The molecule has 0 spiro atoms. The molecular weight excluding hydrogens is 236 g/mol. The first-order valence-electron chi connectivity index (χ1n) is 6.73. The molecule has 0 saturated carbocycles. The molecule has 0 aliphatic rings. The minimum atomic E-state index is 0.365. The lowest BCUT2D eigenvalue weighted by Crippen LogP contribution is -2.29. The predicted molar refractivity (Wildman–Crippen MR) is 78.7 cm³/mol. The van der Waals surface area contributed by atoms with Gasteiger partial charge in [-0.1, -0.05) is 30.3 Å². The van der Waals surface area contributed by atoms with Crippen molar-refractivity contribution in [3.63, 3.8) is 0 Å². The third-order valence-corrected chi connectivity index (χ3v) is 3.31. The van der Waals surface area contributed by atoms with E-state index in [0.29, 0.717) is 17.9 Å². The van der Waals surface area contributed by atoms with Crippen molar-refractivity contribution < 1.29 is 0 Å². The van der Waals surface area contributed by atoms with E-state index in [-0.39, 0.29) is 0 Å². The number of nitrogens with one attached hydrogen (secondary N) is 1. The van der Waals surface area contributed by atoms with Gasteiger partial charge in [0, 0.05) is 24.8 Å². The summed E-state index contributed by atoms with van der Waals surface area (Å²) in [5, 5.41) is 3.61. The van der Waals surface area contributed by atoms with Crippen LogP contribution in [0.4, 0.5) is 5.82 Å². The smallest absolute Gasteiger partial charge is 0.141 e. The molecule has 4 heteroatoms. The lowest BCUT2D eigenvalue weighted by Gasteiger charge is -2.20. The lowest BCUT2D eigenvalue weighted by atomic mass is 10.1. The fraction of sp³-hybridized carbons (Fsp3) is 0.400. The Morgan fingerprint density at radius 3 is 2.63 bits per heavy atom. The molecule has 0 aliphatic carbocycles. The summed E-state index contributed by atoms with van der Waals surface area (Å²) < 4.78 is 2.03. The van der Waals surface area contributed by atoms with Crippen molar-refractivity contribution in [2.45, 2.75) is 38.9 Å². The Bertz CT molecular complexity index is 492. The van der Waals surface area contributed by atoms with Gasteiger partial charge in [0.05, 0.1) is 6.33 Å². The van der Waals surface area contributed by atoms with Crippen LogP contribution < -0.4 is 11.1 Å². The maximum absolute atomic E-state index is 5.59. The highest BCUT2D eigenvalue weighted by Crippen LogP contribution is 2.13. The Morgan fingerprint density at radius 2 is 2.00 bits per heavy atom. The SMILES string of the molecule is CC(CCn1cnc(N)c1)N[C@@H](C)c1ccccc1. The zero-order chi connectivity index (χ0) is 13.7. The first-order valence-corrected chi connectivity index (χ1v) is 6.73. The Morgan fingerprint density at radius 1 is 1.26 bits per heavy atom. The second kappa shape index (κ2) is 6.38. The molecule has 0 fully saturated rings. The van der Waals surface area contributed by atoms with Crippen LogP contribution in [0.3, 0.4) is 0 Å². The van der Waals surface area contributed by atoms with Gasteiger partial charge in [-0.25, -0.2) is 4.98 Å². The van der Waals surface area contributed by atoms with Crippen LogP contribution in [0.25, 0.3) is 0 Å². The van der Waals surface area contributed by atoms with E-state index in [1.54, 1.807) is 6.33 Å². The molecule has 3 N–H and O–H groups in total. The largest absolute Gasteiger partial charge is 0.382 e. The molecule has 0 saturated heterocycles. The number of nitrogens with two attached hydrogens (primary N) is 1. The molecule has 0 aliphatic heterocycles. The number of imidazole rings is 1. The molecule has 2 rings (SSSR count). The maximum atomic E-state index is 5.59. The van der Waals surface area contributed by atoms with Gasteiger partial charge >= 0.3 is 0 Å². The molecule has 1 heterocycles. The van der Waals surface area contributed by atoms with Crippen molar-refractivity contribution in [3.05, 3.63) is 48.4 Å². The molecule has 19 heavy (non-hydrogen) atoms. The molecule has 0 radical (unpaired) electrons. The van der Waals surface area contributed by atoms with Gasteiger partial charge in [0.25, 0.3) is 0 Å². The van der Waals surface area contributed by atoms with Crippen LogP contribution in [0.15, 0.2) is 42.9 Å². The van der Waals surface area contributed by atoms with Crippen molar-refractivity contribution in [2.24, 2.45) is 0 Å². The van der Waals surface area contributed by atoms with Crippen LogP contribution in [0.2, 0.25) is 0 Å². The standard InChI is InChI=1S/C15H22N4/c1-12(8-9-19-10-15(16)17-11-19)18-13(2)14-6-4-3-5-7-14/h3-7,10-13,18H,8-9,16H2,1-2H3/t12?,13-/m0/s1. The number of hydrogen-bond acceptors (Lipinski definition) is 3. The number of hydrogen-bond donors (Lipinski definition) is 2. The average molecular weight is 258 g/mol. The zero-order valence-electron chi connectivity index (χ0n) is 11.6. The summed E-state index contributed by atoms with van der Waals surface area (Å²) in [7, 11) is 0. The number of benzene rings is 1. The van der Waals surface area contributed by atoms with Crippen LogP contribution in [0, 0.1) is 0 Å². The van der Waals surface area contributed by atoms with Crippen molar-refractivity contribution in [3.8, 4) is 0 Å². The number of rotatable bonds is 6. The Balaban J connectivity index is 1.79. The van der Waals surface area contributed by atoms with E-state index in [9.17, 15) is 0 Å². The van der Waals surface area contributed by atoms with Crippen molar-refractivity contribution in [2.75, 3.05) is 5.73 Å². The third-order valence-electron chi connectivity index (χ3n) is 3.31. The highest BCUT2D eigenvalue weighted by Gasteiger charge is 2.09. The third kappa shape index (κ3) is 4.10. The number of aromatic nitrogens is 2. The molecule has 4 nitrogen and oxygen atoms in total. The van der Waals surface area contributed by atoms with Gasteiger partial charge in [0.1, 0.15) is 5.82 Å². The van der Waals surface area contributed by atoms with Crippen molar-refractivity contribution in [1.82, 2.24) is 14.9 Å². The summed E-state index contributed by atoms with van der Waals surface area (Å²) >= 11 is 0. The van der Waals surface area contributed by atoms with E-state index in [2.05, 4.69) is 48.4 Å². The second-order valence-corrected chi connectivity index (χ2v) is 5.03. The van der Waals surface area contributed by atoms with E-state index in [1.807, 2.05) is 16.8 Å². The maximum Gasteiger partial charge on any atom is 0.141 e. The molecule has 0 amide bonds. The monoisotopic (exact) mass is 258 g/mol. The van der Waals surface area contributed by atoms with Crippen LogP contribution in [0.1, 0.15) is 31.9 Å². The van der Waals surface area contributed by atoms with Gasteiger partial charge in [0.15, 0.2) is 0 Å². The van der Waals surface area contributed by atoms with E-state index < -0.39 is 0 Å². The second-order valence-electron chi connectivity index (χ2n) is 5.03. The molecule has 2 atom stereocenters. The summed E-state index contributed by atoms with van der Waals surface area (Å²) in [4.78, 5) is 4.02. The Labute approximate surface area is 114 Å². The van der Waals surface area contributed by atoms with E-state index >= 15 is 0 Å². The Hall–Kier alpha value is -1.81. The summed E-state index contributed by atoms with van der Waals surface area (Å²) in [5.74, 6) is 0.582.